The Bertz CT molecular complexity index is 851. The molecule has 2 aromatic carbocycles. The van der Waals surface area contributed by atoms with Gasteiger partial charge in [0.05, 0.1) is 22.8 Å². The maximum Gasteiger partial charge on any atom is 0.338 e. The van der Waals surface area contributed by atoms with Crippen molar-refractivity contribution in [1.29, 1.82) is 0 Å². The van der Waals surface area contributed by atoms with Gasteiger partial charge in [-0.2, -0.15) is 0 Å². The van der Waals surface area contributed by atoms with Gasteiger partial charge in [-0.3, -0.25) is 14.9 Å². The number of aryl methyl sites for hydroxylation is 1. The summed E-state index contributed by atoms with van der Waals surface area (Å²) in [5.41, 5.74) is -0.0679. The second-order valence-corrected chi connectivity index (χ2v) is 5.18. The second kappa shape index (κ2) is 7.52. The summed E-state index contributed by atoms with van der Waals surface area (Å²) < 4.78 is 18.6. The van der Waals surface area contributed by atoms with Gasteiger partial charge >= 0.3 is 5.97 Å². The summed E-state index contributed by atoms with van der Waals surface area (Å²) in [6.07, 6.45) is 0. The Kier molecular flexibility index (Phi) is 5.43. The largest absolute Gasteiger partial charge is 0.462 e. The quantitative estimate of drug-likeness (QED) is 0.508. The number of halogens is 1. The van der Waals surface area contributed by atoms with E-state index in [1.54, 1.807) is 13.8 Å². The maximum absolute atomic E-state index is 13.8. The highest BCUT2D eigenvalue weighted by Gasteiger charge is 2.19. The molecule has 25 heavy (non-hydrogen) atoms. The van der Waals surface area contributed by atoms with Gasteiger partial charge in [0.15, 0.2) is 0 Å². The average molecular weight is 346 g/mol. The van der Waals surface area contributed by atoms with Crippen molar-refractivity contribution in [3.05, 3.63) is 69.0 Å². The van der Waals surface area contributed by atoms with Gasteiger partial charge < -0.3 is 10.1 Å². The third-order valence-electron chi connectivity index (χ3n) is 3.27. The van der Waals surface area contributed by atoms with E-state index in [4.69, 9.17) is 4.74 Å². The van der Waals surface area contributed by atoms with Crippen LogP contribution in [0, 0.1) is 22.9 Å². The van der Waals surface area contributed by atoms with E-state index in [1.807, 2.05) is 0 Å². The number of nitrogens with zero attached hydrogens (tertiary/aromatic N) is 1. The first kappa shape index (κ1) is 18.1. The molecule has 0 saturated heterocycles. The molecule has 0 aromatic heterocycles. The fraction of sp³-hybridized carbons (Fsp3) is 0.176. The van der Waals surface area contributed by atoms with Crippen LogP contribution in [0.2, 0.25) is 0 Å². The van der Waals surface area contributed by atoms with Crippen molar-refractivity contribution in [3.63, 3.8) is 0 Å². The number of carbonyl (C=O) groups is 2. The smallest absolute Gasteiger partial charge is 0.338 e. The minimum absolute atomic E-state index is 0.0609. The highest BCUT2D eigenvalue weighted by atomic mass is 19.1. The molecule has 130 valence electrons. The lowest BCUT2D eigenvalue weighted by Crippen LogP contribution is -2.15. The van der Waals surface area contributed by atoms with Gasteiger partial charge in [0.1, 0.15) is 5.82 Å². The van der Waals surface area contributed by atoms with E-state index in [1.165, 1.54) is 18.2 Å². The SMILES string of the molecule is CCOC(=O)c1cc(C(=O)Nc2cc(C)ccc2F)cc([N+](=O)[O-])c1. The molecule has 0 heterocycles. The second-order valence-electron chi connectivity index (χ2n) is 5.18. The van der Waals surface area contributed by atoms with E-state index in [0.717, 1.165) is 23.8 Å². The number of ether oxygens (including phenoxy) is 1. The van der Waals surface area contributed by atoms with E-state index >= 15 is 0 Å². The third kappa shape index (κ3) is 4.37. The summed E-state index contributed by atoms with van der Waals surface area (Å²) in [4.78, 5) is 34.4. The van der Waals surface area contributed by atoms with Gasteiger partial charge in [-0.25, -0.2) is 9.18 Å². The molecule has 7 nitrogen and oxygen atoms in total. The molecule has 0 spiro atoms. The van der Waals surface area contributed by atoms with Crippen LogP contribution in [0.15, 0.2) is 36.4 Å². The van der Waals surface area contributed by atoms with Crippen LogP contribution in [-0.4, -0.2) is 23.4 Å². The topological polar surface area (TPSA) is 98.5 Å². The number of rotatable bonds is 5. The van der Waals surface area contributed by atoms with Crippen LogP contribution in [0.3, 0.4) is 0 Å². The number of nitro groups is 1. The van der Waals surface area contributed by atoms with E-state index in [-0.39, 0.29) is 23.4 Å². The highest BCUT2D eigenvalue weighted by molar-refractivity contribution is 6.06. The van der Waals surface area contributed by atoms with Crippen LogP contribution in [0.4, 0.5) is 15.8 Å². The van der Waals surface area contributed by atoms with Gasteiger partial charge in [0.25, 0.3) is 11.6 Å². The number of anilines is 1. The zero-order valence-corrected chi connectivity index (χ0v) is 13.5. The summed E-state index contributed by atoms with van der Waals surface area (Å²) in [7, 11) is 0. The number of hydrogen-bond donors (Lipinski definition) is 1. The Hall–Kier alpha value is -3.29. The fourth-order valence-corrected chi connectivity index (χ4v) is 2.11. The minimum atomic E-state index is -0.790. The Morgan fingerprint density at radius 2 is 1.88 bits per heavy atom. The van der Waals surface area contributed by atoms with Crippen LogP contribution in [0.5, 0.6) is 0 Å². The van der Waals surface area contributed by atoms with E-state index in [9.17, 15) is 24.1 Å². The molecule has 0 fully saturated rings. The van der Waals surface area contributed by atoms with Crippen molar-refractivity contribution in [2.24, 2.45) is 0 Å². The molecule has 1 N–H and O–H groups in total. The minimum Gasteiger partial charge on any atom is -0.462 e. The van der Waals surface area contributed by atoms with Crippen LogP contribution >= 0.6 is 0 Å². The standard InChI is InChI=1S/C17H15FN2O5/c1-3-25-17(22)12-7-11(8-13(9-12)20(23)24)16(21)19-15-6-10(2)4-5-14(15)18/h4-9H,3H2,1-2H3,(H,19,21). The molecule has 0 atom stereocenters. The molecule has 0 aliphatic heterocycles. The Labute approximate surface area is 142 Å². The molecule has 0 radical (unpaired) electrons. The summed E-state index contributed by atoms with van der Waals surface area (Å²) in [5, 5.41) is 13.4. The lowest BCUT2D eigenvalue weighted by Gasteiger charge is -2.09. The molecule has 0 saturated carbocycles. The molecule has 8 heteroatoms. The summed E-state index contributed by atoms with van der Waals surface area (Å²) in [6.45, 7) is 3.39. The van der Waals surface area contributed by atoms with Crippen molar-refractivity contribution in [3.8, 4) is 0 Å². The number of amides is 1. The number of esters is 1. The molecular formula is C17H15FN2O5. The van der Waals surface area contributed by atoms with Gasteiger partial charge in [-0.15, -0.1) is 0 Å². The van der Waals surface area contributed by atoms with Crippen LogP contribution in [0.1, 0.15) is 33.2 Å². The predicted octanol–water partition coefficient (Wildman–Crippen LogP) is 3.47. The molecule has 0 aliphatic carbocycles. The van der Waals surface area contributed by atoms with Gasteiger partial charge in [0, 0.05) is 17.7 Å². The van der Waals surface area contributed by atoms with E-state index in [2.05, 4.69) is 5.32 Å². The first-order valence-electron chi connectivity index (χ1n) is 7.36. The average Bonchev–Trinajstić information content (AvgIpc) is 2.57. The van der Waals surface area contributed by atoms with Crippen molar-refractivity contribution >= 4 is 23.3 Å². The number of benzene rings is 2. The summed E-state index contributed by atoms with van der Waals surface area (Å²) in [6, 6.07) is 7.35. The van der Waals surface area contributed by atoms with Gasteiger partial charge in [-0.1, -0.05) is 6.07 Å². The number of nitro benzene ring substituents is 1. The van der Waals surface area contributed by atoms with Crippen LogP contribution in [0.25, 0.3) is 0 Å². The molecule has 1 amide bonds. The van der Waals surface area contributed by atoms with Gasteiger partial charge in [0.2, 0.25) is 0 Å². The Morgan fingerprint density at radius 3 is 2.52 bits per heavy atom. The number of hydrogen-bond acceptors (Lipinski definition) is 5. The molecule has 0 unspecified atom stereocenters. The van der Waals surface area contributed by atoms with Crippen molar-refractivity contribution in [1.82, 2.24) is 0 Å². The van der Waals surface area contributed by atoms with Gasteiger partial charge in [-0.05, 0) is 37.6 Å². The van der Waals surface area contributed by atoms with E-state index in [0.29, 0.717) is 0 Å². The number of non-ortho nitro benzene ring substituents is 1. The van der Waals surface area contributed by atoms with Crippen LogP contribution in [-0.2, 0) is 4.74 Å². The highest BCUT2D eigenvalue weighted by Crippen LogP contribution is 2.21. The normalized spacial score (nSPS) is 10.2. The van der Waals surface area contributed by atoms with E-state index < -0.39 is 28.3 Å². The monoisotopic (exact) mass is 346 g/mol. The molecule has 2 aromatic rings. The van der Waals surface area contributed by atoms with Crippen LogP contribution < -0.4 is 5.32 Å². The Balaban J connectivity index is 2.39. The third-order valence-corrected chi connectivity index (χ3v) is 3.27. The zero-order chi connectivity index (χ0) is 18.6. The number of nitrogens with one attached hydrogen (secondary N) is 1. The molecular weight excluding hydrogens is 331 g/mol. The molecule has 2 rings (SSSR count). The molecule has 0 bridgehead atoms. The summed E-state index contributed by atoms with van der Waals surface area (Å²) >= 11 is 0. The lowest BCUT2D eigenvalue weighted by atomic mass is 10.1. The maximum atomic E-state index is 13.8. The molecule has 0 aliphatic rings. The lowest BCUT2D eigenvalue weighted by molar-refractivity contribution is -0.384. The van der Waals surface area contributed by atoms with Crippen molar-refractivity contribution in [2.75, 3.05) is 11.9 Å². The Morgan fingerprint density at radius 1 is 1.20 bits per heavy atom. The zero-order valence-electron chi connectivity index (χ0n) is 13.5. The first-order chi connectivity index (χ1) is 11.8. The van der Waals surface area contributed by atoms with Crippen molar-refractivity contribution < 1.29 is 23.6 Å². The number of carbonyl (C=O) groups excluding carboxylic acids is 2. The predicted molar refractivity (Wildman–Crippen MR) is 88.1 cm³/mol. The van der Waals surface area contributed by atoms with Crippen molar-refractivity contribution in [2.45, 2.75) is 13.8 Å². The first-order valence-corrected chi connectivity index (χ1v) is 7.36. The fourth-order valence-electron chi connectivity index (χ4n) is 2.11. The summed E-state index contributed by atoms with van der Waals surface area (Å²) in [5.74, 6) is -2.21.